The number of hydrogen-bond acceptors (Lipinski definition) is 4. The molecule has 0 fully saturated rings. The zero-order chi connectivity index (χ0) is 18.4. The minimum Gasteiger partial charge on any atom is -0.494 e. The highest BCUT2D eigenvalue weighted by Gasteiger charge is 2.12. The molecular weight excluding hydrogens is 328 g/mol. The van der Waals surface area contributed by atoms with Gasteiger partial charge in [-0.15, -0.1) is 0 Å². The molecule has 1 heterocycles. The highest BCUT2D eigenvalue weighted by Crippen LogP contribution is 2.15. The third kappa shape index (κ3) is 4.47. The molecule has 26 heavy (non-hydrogen) atoms. The average Bonchev–Trinajstić information content (AvgIpc) is 3.16. The van der Waals surface area contributed by atoms with Crippen LogP contribution in [-0.2, 0) is 13.1 Å². The molecule has 6 nitrogen and oxygen atoms in total. The van der Waals surface area contributed by atoms with E-state index in [0.29, 0.717) is 25.3 Å². The fourth-order valence-corrected chi connectivity index (χ4v) is 2.68. The van der Waals surface area contributed by atoms with Gasteiger partial charge >= 0.3 is 0 Å². The van der Waals surface area contributed by atoms with Crippen LogP contribution in [0, 0.1) is 0 Å². The van der Waals surface area contributed by atoms with E-state index < -0.39 is 0 Å². The molecule has 3 aromatic rings. The Morgan fingerprint density at radius 2 is 1.77 bits per heavy atom. The summed E-state index contributed by atoms with van der Waals surface area (Å²) in [6.07, 6.45) is 3.18. The van der Waals surface area contributed by atoms with E-state index in [2.05, 4.69) is 10.1 Å². The first kappa shape index (κ1) is 17.7. The van der Waals surface area contributed by atoms with Gasteiger partial charge in [0.05, 0.1) is 13.2 Å². The van der Waals surface area contributed by atoms with Crippen LogP contribution in [0.5, 0.6) is 5.75 Å². The maximum Gasteiger partial charge on any atom is 0.253 e. The molecule has 0 N–H and O–H groups in total. The predicted octanol–water partition coefficient (Wildman–Crippen LogP) is 3.00. The van der Waals surface area contributed by atoms with Gasteiger partial charge in [-0.05, 0) is 42.3 Å². The normalized spacial score (nSPS) is 10.5. The summed E-state index contributed by atoms with van der Waals surface area (Å²) in [5, 5.41) is 4.08. The van der Waals surface area contributed by atoms with Crippen molar-refractivity contribution in [3.05, 3.63) is 77.9 Å². The molecule has 0 unspecified atom stereocenters. The minimum absolute atomic E-state index is 0.00816. The predicted molar refractivity (Wildman–Crippen MR) is 99.0 cm³/mol. The highest BCUT2D eigenvalue weighted by atomic mass is 16.5. The second-order valence-electron chi connectivity index (χ2n) is 6.03. The molecule has 0 saturated carbocycles. The van der Waals surface area contributed by atoms with Crippen LogP contribution in [0.4, 0.5) is 0 Å². The fraction of sp³-hybridized carbons (Fsp3) is 0.250. The maximum absolute atomic E-state index is 12.6. The SMILES string of the molecule is CCOc1ccc(CN(C)C(=O)c2ccc(Cn3cncn3)cc2)cc1. The zero-order valence-electron chi connectivity index (χ0n) is 15.0. The average molecular weight is 350 g/mol. The molecule has 0 radical (unpaired) electrons. The molecule has 1 amide bonds. The second kappa shape index (κ2) is 8.29. The number of ether oxygens (including phenoxy) is 1. The van der Waals surface area contributed by atoms with Crippen molar-refractivity contribution < 1.29 is 9.53 Å². The van der Waals surface area contributed by atoms with Crippen LogP contribution in [0.25, 0.3) is 0 Å². The lowest BCUT2D eigenvalue weighted by Crippen LogP contribution is -2.26. The molecule has 0 bridgehead atoms. The molecule has 2 aromatic carbocycles. The molecule has 0 spiro atoms. The number of amides is 1. The molecule has 0 aliphatic heterocycles. The number of carbonyl (C=O) groups excluding carboxylic acids is 1. The quantitative estimate of drug-likeness (QED) is 0.657. The third-order valence-electron chi connectivity index (χ3n) is 4.01. The number of nitrogens with zero attached hydrogens (tertiary/aromatic N) is 4. The molecule has 3 rings (SSSR count). The van der Waals surface area contributed by atoms with Crippen molar-refractivity contribution in [3.8, 4) is 5.75 Å². The van der Waals surface area contributed by atoms with E-state index in [1.807, 2.05) is 62.5 Å². The number of hydrogen-bond donors (Lipinski definition) is 0. The Morgan fingerprint density at radius 1 is 1.08 bits per heavy atom. The molecule has 134 valence electrons. The number of rotatable bonds is 7. The summed E-state index contributed by atoms with van der Waals surface area (Å²) in [7, 11) is 1.81. The zero-order valence-corrected chi connectivity index (χ0v) is 15.0. The molecule has 0 aliphatic carbocycles. The van der Waals surface area contributed by atoms with E-state index in [1.54, 1.807) is 15.9 Å². The summed E-state index contributed by atoms with van der Waals surface area (Å²) in [4.78, 5) is 18.3. The lowest BCUT2D eigenvalue weighted by molar-refractivity contribution is 0.0785. The van der Waals surface area contributed by atoms with Crippen molar-refractivity contribution in [3.63, 3.8) is 0 Å². The number of aromatic nitrogens is 3. The monoisotopic (exact) mass is 350 g/mol. The van der Waals surface area contributed by atoms with Crippen LogP contribution in [0.15, 0.2) is 61.2 Å². The molecular formula is C20H22N4O2. The molecule has 1 aromatic heterocycles. The van der Waals surface area contributed by atoms with Crippen molar-refractivity contribution >= 4 is 5.91 Å². The fourth-order valence-electron chi connectivity index (χ4n) is 2.68. The van der Waals surface area contributed by atoms with E-state index in [9.17, 15) is 4.79 Å². The molecule has 0 atom stereocenters. The Balaban J connectivity index is 1.60. The van der Waals surface area contributed by atoms with Gasteiger partial charge in [-0.25, -0.2) is 9.67 Å². The van der Waals surface area contributed by atoms with Gasteiger partial charge in [-0.3, -0.25) is 4.79 Å². The Kier molecular flexibility index (Phi) is 5.63. The standard InChI is InChI=1S/C20H22N4O2/c1-3-26-19-10-6-16(7-11-19)12-23(2)20(25)18-8-4-17(5-9-18)13-24-15-21-14-22-24/h4-11,14-15H,3,12-13H2,1-2H3. The van der Waals surface area contributed by atoms with Gasteiger partial charge in [0.2, 0.25) is 0 Å². The summed E-state index contributed by atoms with van der Waals surface area (Å²) < 4.78 is 7.19. The first-order chi connectivity index (χ1) is 12.7. The van der Waals surface area contributed by atoms with Crippen molar-refractivity contribution in [2.45, 2.75) is 20.0 Å². The third-order valence-corrected chi connectivity index (χ3v) is 4.01. The van der Waals surface area contributed by atoms with Crippen LogP contribution in [0.1, 0.15) is 28.4 Å². The van der Waals surface area contributed by atoms with Gasteiger partial charge in [0.1, 0.15) is 18.4 Å². The van der Waals surface area contributed by atoms with Crippen molar-refractivity contribution in [1.29, 1.82) is 0 Å². The van der Waals surface area contributed by atoms with Crippen molar-refractivity contribution in [1.82, 2.24) is 19.7 Å². The summed E-state index contributed by atoms with van der Waals surface area (Å²) in [5.41, 5.74) is 2.80. The Hall–Kier alpha value is -3.15. The summed E-state index contributed by atoms with van der Waals surface area (Å²) in [6.45, 7) is 3.78. The van der Waals surface area contributed by atoms with Crippen LogP contribution < -0.4 is 4.74 Å². The topological polar surface area (TPSA) is 60.2 Å². The Bertz CT molecular complexity index is 827. The van der Waals surface area contributed by atoms with Gasteiger partial charge in [0.15, 0.2) is 0 Å². The van der Waals surface area contributed by atoms with Crippen LogP contribution in [0.2, 0.25) is 0 Å². The summed E-state index contributed by atoms with van der Waals surface area (Å²) in [6, 6.07) is 15.4. The van der Waals surface area contributed by atoms with E-state index in [4.69, 9.17) is 4.74 Å². The van der Waals surface area contributed by atoms with Crippen LogP contribution in [0.3, 0.4) is 0 Å². The Labute approximate surface area is 153 Å². The van der Waals surface area contributed by atoms with Crippen molar-refractivity contribution in [2.24, 2.45) is 0 Å². The molecule has 6 heteroatoms. The van der Waals surface area contributed by atoms with E-state index >= 15 is 0 Å². The maximum atomic E-state index is 12.6. The first-order valence-corrected chi connectivity index (χ1v) is 8.54. The summed E-state index contributed by atoms with van der Waals surface area (Å²) >= 11 is 0. The van der Waals surface area contributed by atoms with E-state index in [-0.39, 0.29) is 5.91 Å². The van der Waals surface area contributed by atoms with Crippen LogP contribution in [-0.4, -0.2) is 39.2 Å². The van der Waals surface area contributed by atoms with Gasteiger partial charge in [-0.2, -0.15) is 5.10 Å². The van der Waals surface area contributed by atoms with E-state index in [0.717, 1.165) is 16.9 Å². The number of benzene rings is 2. The second-order valence-corrected chi connectivity index (χ2v) is 6.03. The lowest BCUT2D eigenvalue weighted by atomic mass is 10.1. The highest BCUT2D eigenvalue weighted by molar-refractivity contribution is 5.94. The lowest BCUT2D eigenvalue weighted by Gasteiger charge is -2.18. The van der Waals surface area contributed by atoms with Gasteiger partial charge in [0.25, 0.3) is 5.91 Å². The van der Waals surface area contributed by atoms with Crippen molar-refractivity contribution in [2.75, 3.05) is 13.7 Å². The Morgan fingerprint density at radius 3 is 2.38 bits per heavy atom. The molecule has 0 saturated heterocycles. The first-order valence-electron chi connectivity index (χ1n) is 8.54. The number of carbonyl (C=O) groups is 1. The summed E-state index contributed by atoms with van der Waals surface area (Å²) in [5.74, 6) is 0.833. The smallest absolute Gasteiger partial charge is 0.253 e. The van der Waals surface area contributed by atoms with E-state index in [1.165, 1.54) is 6.33 Å². The van der Waals surface area contributed by atoms with Gasteiger partial charge in [0, 0.05) is 19.2 Å². The minimum atomic E-state index is -0.00816. The van der Waals surface area contributed by atoms with Gasteiger partial charge < -0.3 is 9.64 Å². The van der Waals surface area contributed by atoms with Gasteiger partial charge in [-0.1, -0.05) is 24.3 Å². The van der Waals surface area contributed by atoms with Crippen LogP contribution >= 0.6 is 0 Å². The largest absolute Gasteiger partial charge is 0.494 e. The molecule has 0 aliphatic rings.